The summed E-state index contributed by atoms with van der Waals surface area (Å²) in [6.45, 7) is 6.57. The van der Waals surface area contributed by atoms with E-state index in [4.69, 9.17) is 4.74 Å². The molecule has 112 valence electrons. The lowest BCUT2D eigenvalue weighted by Gasteiger charge is -2.14. The van der Waals surface area contributed by atoms with Gasteiger partial charge in [0.25, 0.3) is 5.91 Å². The molecule has 20 heavy (non-hydrogen) atoms. The first-order chi connectivity index (χ1) is 9.40. The third kappa shape index (κ3) is 5.67. The van der Waals surface area contributed by atoms with Crippen LogP contribution >= 0.6 is 0 Å². The molecule has 0 radical (unpaired) electrons. The van der Waals surface area contributed by atoms with Crippen molar-refractivity contribution in [3.63, 3.8) is 0 Å². The zero-order valence-corrected chi connectivity index (χ0v) is 12.1. The summed E-state index contributed by atoms with van der Waals surface area (Å²) in [4.78, 5) is 11.9. The van der Waals surface area contributed by atoms with Gasteiger partial charge >= 0.3 is 0 Å². The van der Waals surface area contributed by atoms with E-state index in [1.165, 1.54) is 12.1 Å². The smallest absolute Gasteiger partial charge is 0.251 e. The second-order valence-corrected chi connectivity index (χ2v) is 5.25. The van der Waals surface area contributed by atoms with Gasteiger partial charge in [-0.1, -0.05) is 19.9 Å². The average Bonchev–Trinajstić information content (AvgIpc) is 2.38. The van der Waals surface area contributed by atoms with Gasteiger partial charge < -0.3 is 15.2 Å². The van der Waals surface area contributed by atoms with Crippen molar-refractivity contribution < 1.29 is 19.0 Å². The van der Waals surface area contributed by atoms with Gasteiger partial charge in [0.2, 0.25) is 0 Å². The zero-order chi connectivity index (χ0) is 15.1. The third-order valence-corrected chi connectivity index (χ3v) is 2.70. The van der Waals surface area contributed by atoms with Gasteiger partial charge in [0.05, 0.1) is 12.7 Å². The quantitative estimate of drug-likeness (QED) is 0.803. The van der Waals surface area contributed by atoms with Crippen molar-refractivity contribution in [1.82, 2.24) is 5.32 Å². The zero-order valence-electron chi connectivity index (χ0n) is 12.1. The number of amides is 1. The Morgan fingerprint density at radius 1 is 1.40 bits per heavy atom. The molecule has 1 aromatic carbocycles. The first-order valence-corrected chi connectivity index (χ1v) is 6.70. The normalized spacial score (nSPS) is 12.5. The van der Waals surface area contributed by atoms with Gasteiger partial charge in [-0.25, -0.2) is 4.39 Å². The highest BCUT2D eigenvalue weighted by atomic mass is 19.1. The first-order valence-electron chi connectivity index (χ1n) is 6.70. The molecule has 0 saturated carbocycles. The summed E-state index contributed by atoms with van der Waals surface area (Å²) in [5, 5.41) is 12.2. The van der Waals surface area contributed by atoms with Crippen LogP contribution in [0.2, 0.25) is 0 Å². The number of benzene rings is 1. The Labute approximate surface area is 119 Å². The number of carbonyl (C=O) groups is 1. The fraction of sp³-hybridized carbons (Fsp3) is 0.533. The van der Waals surface area contributed by atoms with Crippen LogP contribution in [0.5, 0.6) is 0 Å². The van der Waals surface area contributed by atoms with Crippen molar-refractivity contribution in [1.29, 1.82) is 0 Å². The van der Waals surface area contributed by atoms with E-state index >= 15 is 0 Å². The molecule has 1 amide bonds. The van der Waals surface area contributed by atoms with Crippen LogP contribution in [0.15, 0.2) is 18.2 Å². The predicted octanol–water partition coefficient (Wildman–Crippen LogP) is 1.90. The first kappa shape index (κ1) is 16.6. The molecule has 1 atom stereocenters. The van der Waals surface area contributed by atoms with Gasteiger partial charge in [0, 0.05) is 18.7 Å². The average molecular weight is 283 g/mol. The number of carbonyl (C=O) groups excluding carboxylic acids is 1. The predicted molar refractivity (Wildman–Crippen MR) is 75.1 cm³/mol. The molecular weight excluding hydrogens is 261 g/mol. The van der Waals surface area contributed by atoms with Gasteiger partial charge in [0.15, 0.2) is 0 Å². The number of rotatable bonds is 7. The summed E-state index contributed by atoms with van der Waals surface area (Å²) < 4.78 is 18.4. The topological polar surface area (TPSA) is 58.6 Å². The molecule has 4 nitrogen and oxygen atoms in total. The van der Waals surface area contributed by atoms with Crippen LogP contribution in [0.25, 0.3) is 0 Å². The molecule has 2 N–H and O–H groups in total. The molecule has 1 aromatic rings. The highest BCUT2D eigenvalue weighted by molar-refractivity contribution is 5.95. The summed E-state index contributed by atoms with van der Waals surface area (Å²) in [5.41, 5.74) is 0.967. The van der Waals surface area contributed by atoms with Gasteiger partial charge in [-0.05, 0) is 30.5 Å². The molecule has 0 aliphatic heterocycles. The summed E-state index contributed by atoms with van der Waals surface area (Å²) in [6.07, 6.45) is -0.772. The number of hydrogen-bond donors (Lipinski definition) is 2. The van der Waals surface area contributed by atoms with Crippen LogP contribution in [0.3, 0.4) is 0 Å². The number of aliphatic hydroxyl groups excluding tert-OH is 1. The molecule has 0 spiro atoms. The van der Waals surface area contributed by atoms with Crippen LogP contribution in [-0.4, -0.2) is 36.9 Å². The van der Waals surface area contributed by atoms with Gasteiger partial charge in [-0.15, -0.1) is 0 Å². The molecule has 1 unspecified atom stereocenters. The van der Waals surface area contributed by atoms with E-state index < -0.39 is 17.8 Å². The SMILES string of the molecule is Cc1ccc(F)cc1C(=O)NCC(O)COCC(C)C. The maximum atomic E-state index is 13.1. The maximum absolute atomic E-state index is 13.1. The van der Waals surface area contributed by atoms with E-state index in [-0.39, 0.29) is 18.7 Å². The minimum absolute atomic E-state index is 0.0763. The number of nitrogens with one attached hydrogen (secondary N) is 1. The fourth-order valence-electron chi connectivity index (χ4n) is 1.64. The molecule has 0 aliphatic carbocycles. The van der Waals surface area contributed by atoms with Crippen molar-refractivity contribution in [3.8, 4) is 0 Å². The second kappa shape index (κ2) is 7.97. The number of halogens is 1. The van der Waals surface area contributed by atoms with Crippen molar-refractivity contribution in [2.24, 2.45) is 5.92 Å². The number of aliphatic hydroxyl groups is 1. The molecule has 0 fully saturated rings. The van der Waals surface area contributed by atoms with Gasteiger partial charge in [-0.3, -0.25) is 4.79 Å². The van der Waals surface area contributed by atoms with E-state index in [1.54, 1.807) is 13.0 Å². The van der Waals surface area contributed by atoms with E-state index in [9.17, 15) is 14.3 Å². The van der Waals surface area contributed by atoms with Crippen molar-refractivity contribution in [2.75, 3.05) is 19.8 Å². The Hall–Kier alpha value is -1.46. The Morgan fingerprint density at radius 3 is 2.75 bits per heavy atom. The summed E-state index contributed by atoms with van der Waals surface area (Å²) in [5.74, 6) is -0.460. The maximum Gasteiger partial charge on any atom is 0.251 e. The monoisotopic (exact) mass is 283 g/mol. The second-order valence-electron chi connectivity index (χ2n) is 5.25. The summed E-state index contributed by atoms with van der Waals surface area (Å²) in [7, 11) is 0. The fourth-order valence-corrected chi connectivity index (χ4v) is 1.64. The van der Waals surface area contributed by atoms with E-state index in [1.807, 2.05) is 13.8 Å². The molecular formula is C15H22FNO3. The molecule has 0 aliphatic rings. The van der Waals surface area contributed by atoms with E-state index in [0.29, 0.717) is 18.1 Å². The minimum Gasteiger partial charge on any atom is -0.389 e. The molecule has 1 rings (SSSR count). The summed E-state index contributed by atoms with van der Waals surface area (Å²) >= 11 is 0. The van der Waals surface area contributed by atoms with Crippen molar-refractivity contribution >= 4 is 5.91 Å². The Balaban J connectivity index is 2.41. The van der Waals surface area contributed by atoms with Crippen molar-refractivity contribution in [2.45, 2.75) is 26.9 Å². The highest BCUT2D eigenvalue weighted by Gasteiger charge is 2.12. The molecule has 0 heterocycles. The lowest BCUT2D eigenvalue weighted by Crippen LogP contribution is -2.35. The van der Waals surface area contributed by atoms with E-state index in [2.05, 4.69) is 5.32 Å². The largest absolute Gasteiger partial charge is 0.389 e. The number of aryl methyl sites for hydroxylation is 1. The van der Waals surface area contributed by atoms with Crippen LogP contribution in [-0.2, 0) is 4.74 Å². The lowest BCUT2D eigenvalue weighted by atomic mass is 10.1. The minimum atomic E-state index is -0.772. The highest BCUT2D eigenvalue weighted by Crippen LogP contribution is 2.09. The molecule has 0 aromatic heterocycles. The lowest BCUT2D eigenvalue weighted by molar-refractivity contribution is 0.0259. The molecule has 5 heteroatoms. The number of hydrogen-bond acceptors (Lipinski definition) is 3. The van der Waals surface area contributed by atoms with Gasteiger partial charge in [0.1, 0.15) is 5.82 Å². The van der Waals surface area contributed by atoms with Crippen LogP contribution < -0.4 is 5.32 Å². The Bertz CT molecular complexity index is 449. The molecule has 0 saturated heterocycles. The Morgan fingerprint density at radius 2 is 2.10 bits per heavy atom. The standard InChI is InChI=1S/C15H22FNO3/c1-10(2)8-20-9-13(18)7-17-15(19)14-6-12(16)5-4-11(14)3/h4-6,10,13,18H,7-9H2,1-3H3,(H,17,19). The third-order valence-electron chi connectivity index (χ3n) is 2.70. The van der Waals surface area contributed by atoms with Crippen LogP contribution in [0, 0.1) is 18.7 Å². The van der Waals surface area contributed by atoms with Gasteiger partial charge in [-0.2, -0.15) is 0 Å². The number of ether oxygens (including phenoxy) is 1. The molecule has 0 bridgehead atoms. The van der Waals surface area contributed by atoms with Crippen molar-refractivity contribution in [3.05, 3.63) is 35.1 Å². The summed E-state index contributed by atoms with van der Waals surface area (Å²) in [6, 6.07) is 4.04. The van der Waals surface area contributed by atoms with Crippen LogP contribution in [0.1, 0.15) is 29.8 Å². The van der Waals surface area contributed by atoms with Crippen LogP contribution in [0.4, 0.5) is 4.39 Å². The Kier molecular flexibility index (Phi) is 6.61. The van der Waals surface area contributed by atoms with E-state index in [0.717, 1.165) is 0 Å².